The van der Waals surface area contributed by atoms with E-state index < -0.39 is 24.3 Å². The van der Waals surface area contributed by atoms with Crippen molar-refractivity contribution in [2.24, 2.45) is 0 Å². The topological polar surface area (TPSA) is 105 Å². The number of esters is 1. The van der Waals surface area contributed by atoms with Gasteiger partial charge in [0.2, 0.25) is 0 Å². The van der Waals surface area contributed by atoms with E-state index in [2.05, 4.69) is 10.1 Å². The Kier molecular flexibility index (Phi) is 5.29. The first-order valence-electron chi connectivity index (χ1n) is 5.40. The van der Waals surface area contributed by atoms with Crippen molar-refractivity contribution in [2.45, 2.75) is 6.42 Å². The largest absolute Gasteiger partial charge is 0.452 e. The van der Waals surface area contributed by atoms with Crippen LogP contribution in [0, 0.1) is 17.1 Å². The van der Waals surface area contributed by atoms with Crippen molar-refractivity contribution in [2.75, 3.05) is 18.9 Å². The van der Waals surface area contributed by atoms with Gasteiger partial charge in [0, 0.05) is 12.2 Å². The molecule has 0 aliphatic rings. The lowest BCUT2D eigenvalue weighted by molar-refractivity contribution is -0.124. The van der Waals surface area contributed by atoms with Gasteiger partial charge in [-0.1, -0.05) is 0 Å². The van der Waals surface area contributed by atoms with Crippen LogP contribution >= 0.6 is 0 Å². The Morgan fingerprint density at radius 1 is 1.47 bits per heavy atom. The van der Waals surface area contributed by atoms with Crippen LogP contribution in [0.1, 0.15) is 16.8 Å². The van der Waals surface area contributed by atoms with Gasteiger partial charge < -0.3 is 15.8 Å². The number of nitrogens with two attached hydrogens (primary N) is 1. The van der Waals surface area contributed by atoms with Crippen LogP contribution in [0.3, 0.4) is 0 Å². The third-order valence-corrected chi connectivity index (χ3v) is 2.13. The Bertz CT molecular complexity index is 525. The zero-order valence-electron chi connectivity index (χ0n) is 9.98. The summed E-state index contributed by atoms with van der Waals surface area (Å²) in [5.74, 6) is -2.05. The van der Waals surface area contributed by atoms with E-state index in [0.717, 1.165) is 12.1 Å². The fraction of sp³-hybridized carbons (Fsp3) is 0.250. The maximum absolute atomic E-state index is 12.9. The number of carbonyl (C=O) groups is 2. The second-order valence-electron chi connectivity index (χ2n) is 3.57. The van der Waals surface area contributed by atoms with E-state index in [1.807, 2.05) is 6.07 Å². The van der Waals surface area contributed by atoms with Crippen molar-refractivity contribution in [1.82, 2.24) is 5.32 Å². The van der Waals surface area contributed by atoms with Crippen LogP contribution in [-0.2, 0) is 9.53 Å². The summed E-state index contributed by atoms with van der Waals surface area (Å²) in [4.78, 5) is 22.8. The molecule has 7 heteroatoms. The van der Waals surface area contributed by atoms with E-state index in [-0.39, 0.29) is 24.2 Å². The van der Waals surface area contributed by atoms with Gasteiger partial charge in [-0.2, -0.15) is 5.26 Å². The number of carbonyl (C=O) groups excluding carboxylic acids is 2. The number of rotatable bonds is 5. The first-order valence-corrected chi connectivity index (χ1v) is 5.40. The smallest absolute Gasteiger partial charge is 0.340 e. The molecule has 0 aliphatic heterocycles. The Morgan fingerprint density at radius 2 is 2.21 bits per heavy atom. The summed E-state index contributed by atoms with van der Waals surface area (Å²) in [6, 6.07) is 5.13. The molecule has 1 amide bonds. The molecule has 0 spiro atoms. The number of amides is 1. The highest BCUT2D eigenvalue weighted by atomic mass is 19.1. The lowest BCUT2D eigenvalue weighted by atomic mass is 10.2. The predicted octanol–water partition coefficient (Wildman–Crippen LogP) is 0.595. The zero-order chi connectivity index (χ0) is 14.3. The third kappa shape index (κ3) is 4.63. The summed E-state index contributed by atoms with van der Waals surface area (Å²) in [6.07, 6.45) is 0.163. The average Bonchev–Trinajstić information content (AvgIpc) is 2.39. The third-order valence-electron chi connectivity index (χ3n) is 2.13. The quantitative estimate of drug-likeness (QED) is 0.460. The van der Waals surface area contributed by atoms with E-state index in [9.17, 15) is 14.0 Å². The molecule has 0 saturated heterocycles. The summed E-state index contributed by atoms with van der Waals surface area (Å²) >= 11 is 0. The van der Waals surface area contributed by atoms with Crippen molar-refractivity contribution in [3.8, 4) is 6.07 Å². The first kappa shape index (κ1) is 14.4. The van der Waals surface area contributed by atoms with Crippen molar-refractivity contribution in [1.29, 1.82) is 5.26 Å². The monoisotopic (exact) mass is 265 g/mol. The molecular formula is C12H12FN3O3. The number of anilines is 1. The number of nitrogens with zero attached hydrogens (tertiary/aromatic N) is 1. The SMILES string of the molecule is N#CCCNC(=O)COC(=O)c1cc(F)ccc1N. The van der Waals surface area contributed by atoms with Gasteiger partial charge in [0.05, 0.1) is 18.1 Å². The van der Waals surface area contributed by atoms with Gasteiger partial charge in [-0.05, 0) is 18.2 Å². The second-order valence-corrected chi connectivity index (χ2v) is 3.57. The molecule has 0 saturated carbocycles. The molecule has 1 aromatic carbocycles. The van der Waals surface area contributed by atoms with Crippen LogP contribution in [0.4, 0.5) is 10.1 Å². The van der Waals surface area contributed by atoms with Crippen molar-refractivity contribution >= 4 is 17.6 Å². The number of hydrogen-bond acceptors (Lipinski definition) is 5. The lowest BCUT2D eigenvalue weighted by Gasteiger charge is -2.07. The van der Waals surface area contributed by atoms with Crippen molar-refractivity contribution in [3.63, 3.8) is 0 Å². The number of nitrogen functional groups attached to an aromatic ring is 1. The van der Waals surface area contributed by atoms with E-state index in [1.54, 1.807) is 0 Å². The normalized spacial score (nSPS) is 9.47. The van der Waals surface area contributed by atoms with Crippen LogP contribution < -0.4 is 11.1 Å². The highest BCUT2D eigenvalue weighted by molar-refractivity contribution is 5.96. The number of nitrogens with one attached hydrogen (secondary N) is 1. The van der Waals surface area contributed by atoms with E-state index in [4.69, 9.17) is 11.0 Å². The maximum atomic E-state index is 12.9. The summed E-state index contributed by atoms with van der Waals surface area (Å²) in [6.45, 7) is -0.338. The molecule has 100 valence electrons. The molecule has 0 aliphatic carbocycles. The molecule has 1 rings (SSSR count). The average molecular weight is 265 g/mol. The van der Waals surface area contributed by atoms with Gasteiger partial charge >= 0.3 is 5.97 Å². The lowest BCUT2D eigenvalue weighted by Crippen LogP contribution is -2.29. The molecule has 0 unspecified atom stereocenters. The Morgan fingerprint density at radius 3 is 2.89 bits per heavy atom. The molecule has 19 heavy (non-hydrogen) atoms. The minimum atomic E-state index is -0.882. The number of benzene rings is 1. The van der Waals surface area contributed by atoms with Gasteiger partial charge in [-0.25, -0.2) is 9.18 Å². The minimum Gasteiger partial charge on any atom is -0.452 e. The van der Waals surface area contributed by atoms with Crippen LogP contribution in [-0.4, -0.2) is 25.0 Å². The standard InChI is InChI=1S/C12H12FN3O3/c13-8-2-3-10(15)9(6-8)12(18)19-7-11(17)16-5-1-4-14/h2-3,6H,1,5,7,15H2,(H,16,17). The maximum Gasteiger partial charge on any atom is 0.340 e. The fourth-order valence-electron chi connectivity index (χ4n) is 1.22. The summed E-state index contributed by atoms with van der Waals surface area (Å²) < 4.78 is 17.6. The highest BCUT2D eigenvalue weighted by Gasteiger charge is 2.14. The number of ether oxygens (including phenoxy) is 1. The molecule has 0 heterocycles. The van der Waals surface area contributed by atoms with Gasteiger partial charge in [-0.15, -0.1) is 0 Å². The molecular weight excluding hydrogens is 253 g/mol. The Labute approximate surface area is 109 Å². The van der Waals surface area contributed by atoms with E-state index >= 15 is 0 Å². The van der Waals surface area contributed by atoms with Crippen molar-refractivity contribution < 1.29 is 18.7 Å². The van der Waals surface area contributed by atoms with Crippen LogP contribution in [0.25, 0.3) is 0 Å². The van der Waals surface area contributed by atoms with Crippen LogP contribution in [0.5, 0.6) is 0 Å². The molecule has 6 nitrogen and oxygen atoms in total. The van der Waals surface area contributed by atoms with Gasteiger partial charge in [0.15, 0.2) is 6.61 Å². The Balaban J connectivity index is 2.49. The molecule has 0 radical (unpaired) electrons. The molecule has 0 atom stereocenters. The number of nitriles is 1. The zero-order valence-corrected chi connectivity index (χ0v) is 9.98. The first-order chi connectivity index (χ1) is 9.04. The molecule has 3 N–H and O–H groups in total. The minimum absolute atomic E-state index is 0.0660. The van der Waals surface area contributed by atoms with Gasteiger partial charge in [-0.3, -0.25) is 4.79 Å². The van der Waals surface area contributed by atoms with Crippen molar-refractivity contribution in [3.05, 3.63) is 29.6 Å². The summed E-state index contributed by atoms with van der Waals surface area (Å²) in [5, 5.41) is 10.6. The summed E-state index contributed by atoms with van der Waals surface area (Å²) in [5.41, 5.74) is 5.42. The molecule has 0 aromatic heterocycles. The molecule has 0 bridgehead atoms. The van der Waals surface area contributed by atoms with Crippen LogP contribution in [0.15, 0.2) is 18.2 Å². The fourth-order valence-corrected chi connectivity index (χ4v) is 1.22. The molecule has 0 fully saturated rings. The van der Waals surface area contributed by atoms with E-state index in [0.29, 0.717) is 0 Å². The number of hydrogen-bond donors (Lipinski definition) is 2. The summed E-state index contributed by atoms with van der Waals surface area (Å²) in [7, 11) is 0. The number of halogens is 1. The van der Waals surface area contributed by atoms with Gasteiger partial charge in [0.25, 0.3) is 5.91 Å². The highest BCUT2D eigenvalue weighted by Crippen LogP contribution is 2.14. The predicted molar refractivity (Wildman–Crippen MR) is 64.3 cm³/mol. The van der Waals surface area contributed by atoms with E-state index in [1.165, 1.54) is 6.07 Å². The van der Waals surface area contributed by atoms with Gasteiger partial charge in [0.1, 0.15) is 5.82 Å². The van der Waals surface area contributed by atoms with Crippen LogP contribution in [0.2, 0.25) is 0 Å². The second kappa shape index (κ2) is 6.96. The molecule has 1 aromatic rings. The Hall–Kier alpha value is -2.62.